The van der Waals surface area contributed by atoms with Crippen molar-refractivity contribution in [1.82, 2.24) is 0 Å². The van der Waals surface area contributed by atoms with Crippen molar-refractivity contribution in [3.05, 3.63) is 53.3 Å². The molecule has 0 unspecified atom stereocenters. The van der Waals surface area contributed by atoms with Crippen molar-refractivity contribution in [2.75, 3.05) is 19.0 Å². The van der Waals surface area contributed by atoms with Crippen LogP contribution in [0.4, 0.5) is 10.1 Å². The lowest BCUT2D eigenvalue weighted by molar-refractivity contribution is -0.118. The lowest BCUT2D eigenvalue weighted by atomic mass is 10.1. The smallest absolute Gasteiger partial charge is 0.262 e. The van der Waals surface area contributed by atoms with E-state index in [0.717, 1.165) is 5.56 Å². The van der Waals surface area contributed by atoms with E-state index in [1.807, 2.05) is 0 Å². The molecule has 0 atom stereocenters. The Morgan fingerprint density at radius 3 is 2.54 bits per heavy atom. The fourth-order valence-electron chi connectivity index (χ4n) is 2.07. The molecule has 6 heteroatoms. The molecule has 0 aliphatic rings. The molecule has 2 aromatic rings. The summed E-state index contributed by atoms with van der Waals surface area (Å²) in [7, 11) is 1.44. The van der Waals surface area contributed by atoms with E-state index >= 15 is 0 Å². The van der Waals surface area contributed by atoms with Crippen LogP contribution in [0.25, 0.3) is 0 Å². The number of aryl methyl sites for hydroxylation is 1. The fourth-order valence-corrected chi connectivity index (χ4v) is 2.07. The zero-order valence-corrected chi connectivity index (χ0v) is 13.7. The maximum absolute atomic E-state index is 13.6. The summed E-state index contributed by atoms with van der Waals surface area (Å²) in [4.78, 5) is 23.3. The Balaban J connectivity index is 2.03. The van der Waals surface area contributed by atoms with Gasteiger partial charge in [-0.2, -0.15) is 0 Å². The van der Waals surface area contributed by atoms with Gasteiger partial charge < -0.3 is 14.8 Å². The molecule has 0 fully saturated rings. The van der Waals surface area contributed by atoms with Crippen molar-refractivity contribution in [2.24, 2.45) is 0 Å². The van der Waals surface area contributed by atoms with Gasteiger partial charge in [-0.15, -0.1) is 0 Å². The summed E-state index contributed by atoms with van der Waals surface area (Å²) in [6, 6.07) is 9.11. The Kier molecular flexibility index (Phi) is 5.52. The predicted molar refractivity (Wildman–Crippen MR) is 88.3 cm³/mol. The summed E-state index contributed by atoms with van der Waals surface area (Å²) in [5.41, 5.74) is 1.40. The summed E-state index contributed by atoms with van der Waals surface area (Å²) in [5, 5.41) is 2.45. The monoisotopic (exact) mass is 331 g/mol. The van der Waals surface area contributed by atoms with Crippen molar-refractivity contribution in [3.8, 4) is 11.5 Å². The Labute approximate surface area is 139 Å². The number of Topliss-reactive ketones (excluding diaryl/α,β-unsaturated/α-hetero) is 1. The number of methoxy groups -OCH3 is 1. The molecule has 0 bridgehead atoms. The van der Waals surface area contributed by atoms with Crippen molar-refractivity contribution in [1.29, 1.82) is 0 Å². The van der Waals surface area contributed by atoms with Crippen molar-refractivity contribution < 1.29 is 23.5 Å². The Morgan fingerprint density at radius 2 is 1.88 bits per heavy atom. The summed E-state index contributed by atoms with van der Waals surface area (Å²) in [5.74, 6) is -0.457. The number of ketones is 1. The minimum Gasteiger partial charge on any atom is -0.493 e. The molecule has 1 amide bonds. The van der Waals surface area contributed by atoms with Gasteiger partial charge in [0.15, 0.2) is 23.9 Å². The van der Waals surface area contributed by atoms with Crippen LogP contribution in [-0.2, 0) is 4.79 Å². The maximum atomic E-state index is 13.6. The Bertz CT molecular complexity index is 774. The van der Waals surface area contributed by atoms with E-state index < -0.39 is 11.7 Å². The Hall–Kier alpha value is -2.89. The van der Waals surface area contributed by atoms with E-state index in [0.29, 0.717) is 17.1 Å². The lowest BCUT2D eigenvalue weighted by Gasteiger charge is -2.12. The molecule has 0 spiro atoms. The lowest BCUT2D eigenvalue weighted by Crippen LogP contribution is -2.21. The molecule has 0 saturated carbocycles. The maximum Gasteiger partial charge on any atom is 0.262 e. The van der Waals surface area contributed by atoms with Gasteiger partial charge in [0.1, 0.15) is 5.82 Å². The van der Waals surface area contributed by atoms with Gasteiger partial charge >= 0.3 is 0 Å². The number of amides is 1. The number of carbonyl (C=O) groups excluding carboxylic acids is 2. The number of benzene rings is 2. The van der Waals surface area contributed by atoms with E-state index in [4.69, 9.17) is 9.47 Å². The zero-order valence-electron chi connectivity index (χ0n) is 13.7. The highest BCUT2D eigenvalue weighted by Crippen LogP contribution is 2.28. The number of hydrogen-bond donors (Lipinski definition) is 1. The highest BCUT2D eigenvalue weighted by Gasteiger charge is 2.12. The Morgan fingerprint density at radius 1 is 1.12 bits per heavy atom. The van der Waals surface area contributed by atoms with Crippen LogP contribution in [0.2, 0.25) is 0 Å². The highest BCUT2D eigenvalue weighted by atomic mass is 19.1. The number of carbonyl (C=O) groups is 2. The first-order valence-corrected chi connectivity index (χ1v) is 7.28. The van der Waals surface area contributed by atoms with Gasteiger partial charge in [-0.05, 0) is 49.7 Å². The highest BCUT2D eigenvalue weighted by molar-refractivity contribution is 5.95. The van der Waals surface area contributed by atoms with Gasteiger partial charge in [0.25, 0.3) is 5.91 Å². The van der Waals surface area contributed by atoms with E-state index in [2.05, 4.69) is 5.32 Å². The van der Waals surface area contributed by atoms with Crippen LogP contribution in [0.5, 0.6) is 11.5 Å². The predicted octanol–water partition coefficient (Wildman–Crippen LogP) is 3.36. The standard InChI is InChI=1S/C18H18FNO4/c1-11-4-6-14(19)15(8-11)20-18(22)10-24-16-7-5-13(12(2)21)9-17(16)23-3/h4-9H,10H2,1-3H3,(H,20,22). The van der Waals surface area contributed by atoms with Crippen LogP contribution in [0.3, 0.4) is 0 Å². The molecule has 0 aliphatic carbocycles. The third-order valence-electron chi connectivity index (χ3n) is 3.32. The van der Waals surface area contributed by atoms with E-state index in [1.165, 1.54) is 32.2 Å². The average molecular weight is 331 g/mol. The van der Waals surface area contributed by atoms with Crippen molar-refractivity contribution >= 4 is 17.4 Å². The zero-order chi connectivity index (χ0) is 17.7. The molecule has 1 N–H and O–H groups in total. The summed E-state index contributed by atoms with van der Waals surface area (Å²) < 4.78 is 24.2. The van der Waals surface area contributed by atoms with Gasteiger partial charge in [0.2, 0.25) is 0 Å². The molecule has 24 heavy (non-hydrogen) atoms. The van der Waals surface area contributed by atoms with Crippen LogP contribution < -0.4 is 14.8 Å². The first-order chi connectivity index (χ1) is 11.4. The molecular formula is C18H18FNO4. The molecule has 0 saturated heterocycles. The van der Waals surface area contributed by atoms with Gasteiger partial charge in [0.05, 0.1) is 12.8 Å². The SMILES string of the molecule is COc1cc(C(C)=O)ccc1OCC(=O)Nc1cc(C)ccc1F. The first kappa shape index (κ1) is 17.5. The third-order valence-corrected chi connectivity index (χ3v) is 3.32. The van der Waals surface area contributed by atoms with Crippen molar-refractivity contribution in [3.63, 3.8) is 0 Å². The summed E-state index contributed by atoms with van der Waals surface area (Å²) >= 11 is 0. The summed E-state index contributed by atoms with van der Waals surface area (Å²) in [6.07, 6.45) is 0. The van der Waals surface area contributed by atoms with Crippen LogP contribution >= 0.6 is 0 Å². The number of nitrogens with one attached hydrogen (secondary N) is 1. The molecule has 2 aromatic carbocycles. The van der Waals surface area contributed by atoms with E-state index in [9.17, 15) is 14.0 Å². The minimum atomic E-state index is -0.516. The molecule has 0 radical (unpaired) electrons. The van der Waals surface area contributed by atoms with Gasteiger partial charge in [-0.1, -0.05) is 6.07 Å². The number of anilines is 1. The molecular weight excluding hydrogens is 313 g/mol. The van der Waals surface area contributed by atoms with Gasteiger partial charge in [-0.3, -0.25) is 9.59 Å². The van der Waals surface area contributed by atoms with E-state index in [-0.39, 0.29) is 18.1 Å². The second kappa shape index (κ2) is 7.59. The van der Waals surface area contributed by atoms with Crippen LogP contribution in [0.15, 0.2) is 36.4 Å². The number of rotatable bonds is 6. The molecule has 126 valence electrons. The van der Waals surface area contributed by atoms with Crippen molar-refractivity contribution in [2.45, 2.75) is 13.8 Å². The van der Waals surface area contributed by atoms with Gasteiger partial charge in [0, 0.05) is 5.56 Å². The summed E-state index contributed by atoms with van der Waals surface area (Å²) in [6.45, 7) is 2.93. The molecule has 2 rings (SSSR count). The van der Waals surface area contributed by atoms with Crippen LogP contribution in [0, 0.1) is 12.7 Å². The molecule has 0 heterocycles. The van der Waals surface area contributed by atoms with Crippen LogP contribution in [0.1, 0.15) is 22.8 Å². The van der Waals surface area contributed by atoms with E-state index in [1.54, 1.807) is 25.1 Å². The third kappa shape index (κ3) is 4.32. The molecule has 0 aromatic heterocycles. The minimum absolute atomic E-state index is 0.0995. The van der Waals surface area contributed by atoms with Gasteiger partial charge in [-0.25, -0.2) is 4.39 Å². The topological polar surface area (TPSA) is 64.6 Å². The normalized spacial score (nSPS) is 10.2. The molecule has 0 aliphatic heterocycles. The number of ether oxygens (including phenoxy) is 2. The first-order valence-electron chi connectivity index (χ1n) is 7.28. The quantitative estimate of drug-likeness (QED) is 0.824. The molecule has 5 nitrogen and oxygen atoms in total. The largest absolute Gasteiger partial charge is 0.493 e. The van der Waals surface area contributed by atoms with Crippen LogP contribution in [-0.4, -0.2) is 25.4 Å². The second-order valence-corrected chi connectivity index (χ2v) is 5.24. The number of halogens is 1. The number of hydrogen-bond acceptors (Lipinski definition) is 4. The fraction of sp³-hybridized carbons (Fsp3) is 0.222. The average Bonchev–Trinajstić information content (AvgIpc) is 2.56. The second-order valence-electron chi connectivity index (χ2n) is 5.24.